The van der Waals surface area contributed by atoms with Gasteiger partial charge in [0.25, 0.3) is 0 Å². The second kappa shape index (κ2) is 4.69. The summed E-state index contributed by atoms with van der Waals surface area (Å²) in [6.45, 7) is 5.94. The molecular weight excluding hydrogens is 226 g/mol. The quantitative estimate of drug-likeness (QED) is 0.775. The molecule has 18 heavy (non-hydrogen) atoms. The Bertz CT molecular complexity index is 597. The van der Waals surface area contributed by atoms with E-state index < -0.39 is 0 Å². The topological polar surface area (TPSA) is 31.2 Å². The third-order valence-electron chi connectivity index (χ3n) is 3.45. The van der Waals surface area contributed by atoms with Crippen molar-refractivity contribution in [3.05, 3.63) is 46.8 Å². The maximum absolute atomic E-state index is 11.2. The highest BCUT2D eigenvalue weighted by Crippen LogP contribution is 2.29. The highest BCUT2D eigenvalue weighted by molar-refractivity contribution is 5.80. The predicted octanol–water partition coefficient (Wildman–Crippen LogP) is 3.22. The van der Waals surface area contributed by atoms with Gasteiger partial charge in [0.05, 0.1) is 12.8 Å². The number of hydrogen-bond acceptors (Lipinski definition) is 2. The van der Waals surface area contributed by atoms with Crippen LogP contribution in [0.15, 0.2) is 24.3 Å². The summed E-state index contributed by atoms with van der Waals surface area (Å²) in [7, 11) is 1.65. The molecule has 0 unspecified atom stereocenters. The molecule has 2 aromatic rings. The van der Waals surface area contributed by atoms with Gasteiger partial charge in [0.15, 0.2) is 6.29 Å². The SMILES string of the molecule is COc1ccccc1-n1c(C)c(C)c(C=O)c1C. The summed E-state index contributed by atoms with van der Waals surface area (Å²) in [4.78, 5) is 11.2. The zero-order valence-corrected chi connectivity index (χ0v) is 11.2. The van der Waals surface area contributed by atoms with Crippen LogP contribution in [0.25, 0.3) is 5.69 Å². The van der Waals surface area contributed by atoms with Gasteiger partial charge in [-0.1, -0.05) is 12.1 Å². The van der Waals surface area contributed by atoms with Crippen LogP contribution in [-0.4, -0.2) is 18.0 Å². The Kier molecular flexibility index (Phi) is 3.24. The van der Waals surface area contributed by atoms with E-state index in [1.54, 1.807) is 7.11 Å². The fraction of sp³-hybridized carbons (Fsp3) is 0.267. The van der Waals surface area contributed by atoms with Gasteiger partial charge in [0.1, 0.15) is 5.75 Å². The van der Waals surface area contributed by atoms with Crippen LogP contribution < -0.4 is 4.74 Å². The van der Waals surface area contributed by atoms with Crippen LogP contribution >= 0.6 is 0 Å². The van der Waals surface area contributed by atoms with Crippen molar-refractivity contribution in [2.75, 3.05) is 7.11 Å². The summed E-state index contributed by atoms with van der Waals surface area (Å²) in [5, 5.41) is 0. The molecule has 0 atom stereocenters. The number of ether oxygens (including phenoxy) is 1. The van der Waals surface area contributed by atoms with E-state index in [-0.39, 0.29) is 0 Å². The molecule has 1 aromatic heterocycles. The lowest BCUT2D eigenvalue weighted by Crippen LogP contribution is -2.02. The van der Waals surface area contributed by atoms with Crippen molar-refractivity contribution >= 4 is 6.29 Å². The summed E-state index contributed by atoms with van der Waals surface area (Å²) in [6.07, 6.45) is 0.920. The van der Waals surface area contributed by atoms with Gasteiger partial charge in [0, 0.05) is 17.0 Å². The Morgan fingerprint density at radius 2 is 1.78 bits per heavy atom. The molecule has 0 amide bonds. The highest BCUT2D eigenvalue weighted by Gasteiger charge is 2.16. The minimum atomic E-state index is 0.762. The summed E-state index contributed by atoms with van der Waals surface area (Å²) in [5.41, 5.74) is 4.77. The molecule has 0 radical (unpaired) electrons. The van der Waals surface area contributed by atoms with Crippen molar-refractivity contribution in [3.8, 4) is 11.4 Å². The van der Waals surface area contributed by atoms with Gasteiger partial charge in [-0.05, 0) is 38.5 Å². The van der Waals surface area contributed by atoms with Gasteiger partial charge in [-0.15, -0.1) is 0 Å². The molecule has 0 fully saturated rings. The van der Waals surface area contributed by atoms with Crippen molar-refractivity contribution in [1.29, 1.82) is 0 Å². The molecule has 0 saturated carbocycles. The van der Waals surface area contributed by atoms with Crippen LogP contribution in [-0.2, 0) is 0 Å². The van der Waals surface area contributed by atoms with Crippen LogP contribution in [0.2, 0.25) is 0 Å². The molecule has 2 rings (SSSR count). The number of aldehydes is 1. The average molecular weight is 243 g/mol. The largest absolute Gasteiger partial charge is 0.495 e. The monoisotopic (exact) mass is 243 g/mol. The average Bonchev–Trinajstić information content (AvgIpc) is 2.60. The van der Waals surface area contributed by atoms with Crippen molar-refractivity contribution in [2.24, 2.45) is 0 Å². The summed E-state index contributed by atoms with van der Waals surface area (Å²) >= 11 is 0. The predicted molar refractivity (Wildman–Crippen MR) is 71.9 cm³/mol. The summed E-state index contributed by atoms with van der Waals surface area (Å²) in [5.74, 6) is 0.802. The van der Waals surface area contributed by atoms with Gasteiger partial charge in [-0.2, -0.15) is 0 Å². The third-order valence-corrected chi connectivity index (χ3v) is 3.45. The molecule has 0 aliphatic rings. The first-order chi connectivity index (χ1) is 8.61. The lowest BCUT2D eigenvalue weighted by molar-refractivity contribution is 0.112. The second-order valence-corrected chi connectivity index (χ2v) is 4.33. The van der Waals surface area contributed by atoms with Crippen LogP contribution in [0.5, 0.6) is 5.75 Å². The van der Waals surface area contributed by atoms with Crippen LogP contribution in [0.4, 0.5) is 0 Å². The number of aromatic nitrogens is 1. The van der Waals surface area contributed by atoms with E-state index >= 15 is 0 Å². The fourth-order valence-corrected chi connectivity index (χ4v) is 2.36. The standard InChI is InChI=1S/C15H17NO2/c1-10-11(2)16(12(3)13(10)9-17)14-7-5-6-8-15(14)18-4/h5-9H,1-4H3. The second-order valence-electron chi connectivity index (χ2n) is 4.33. The van der Waals surface area contributed by atoms with Crippen molar-refractivity contribution in [2.45, 2.75) is 20.8 Å². The van der Waals surface area contributed by atoms with E-state index in [1.807, 2.05) is 45.0 Å². The molecule has 1 aromatic carbocycles. The van der Waals surface area contributed by atoms with E-state index in [1.165, 1.54) is 0 Å². The Hall–Kier alpha value is -2.03. The van der Waals surface area contributed by atoms with Crippen molar-refractivity contribution < 1.29 is 9.53 Å². The Morgan fingerprint density at radius 3 is 2.33 bits per heavy atom. The number of benzene rings is 1. The maximum atomic E-state index is 11.2. The van der Waals surface area contributed by atoms with Gasteiger partial charge >= 0.3 is 0 Å². The van der Waals surface area contributed by atoms with Crippen LogP contribution in [0, 0.1) is 20.8 Å². The minimum absolute atomic E-state index is 0.762. The number of methoxy groups -OCH3 is 1. The number of para-hydroxylation sites is 2. The fourth-order valence-electron chi connectivity index (χ4n) is 2.36. The number of carbonyl (C=O) groups excluding carboxylic acids is 1. The van der Waals surface area contributed by atoms with Gasteiger partial charge in [-0.3, -0.25) is 4.79 Å². The van der Waals surface area contributed by atoms with Crippen LogP contribution in [0.3, 0.4) is 0 Å². The van der Waals surface area contributed by atoms with E-state index in [0.717, 1.165) is 40.2 Å². The summed E-state index contributed by atoms with van der Waals surface area (Å²) in [6, 6.07) is 7.81. The molecule has 0 aliphatic heterocycles. The number of rotatable bonds is 3. The van der Waals surface area contributed by atoms with Gasteiger partial charge in [0.2, 0.25) is 0 Å². The third kappa shape index (κ3) is 1.72. The molecule has 0 N–H and O–H groups in total. The molecule has 3 heteroatoms. The smallest absolute Gasteiger partial charge is 0.152 e. The van der Waals surface area contributed by atoms with Gasteiger partial charge < -0.3 is 9.30 Å². The molecule has 0 bridgehead atoms. The number of carbonyl (C=O) groups is 1. The molecule has 0 spiro atoms. The van der Waals surface area contributed by atoms with E-state index in [9.17, 15) is 4.79 Å². The molecular formula is C15H17NO2. The van der Waals surface area contributed by atoms with Crippen molar-refractivity contribution in [1.82, 2.24) is 4.57 Å². The number of nitrogens with zero attached hydrogens (tertiary/aromatic N) is 1. The zero-order chi connectivity index (χ0) is 13.3. The van der Waals surface area contributed by atoms with Crippen LogP contribution in [0.1, 0.15) is 27.3 Å². The molecule has 0 aliphatic carbocycles. The first-order valence-electron chi connectivity index (χ1n) is 5.88. The maximum Gasteiger partial charge on any atom is 0.152 e. The Balaban J connectivity index is 2.75. The summed E-state index contributed by atoms with van der Waals surface area (Å²) < 4.78 is 7.45. The number of hydrogen-bond donors (Lipinski definition) is 0. The molecule has 0 saturated heterocycles. The van der Waals surface area contributed by atoms with E-state index in [4.69, 9.17) is 4.74 Å². The lowest BCUT2D eigenvalue weighted by atomic mass is 10.1. The van der Waals surface area contributed by atoms with Gasteiger partial charge in [-0.25, -0.2) is 0 Å². The molecule has 1 heterocycles. The Morgan fingerprint density at radius 1 is 1.11 bits per heavy atom. The molecule has 3 nitrogen and oxygen atoms in total. The first kappa shape index (κ1) is 12.4. The minimum Gasteiger partial charge on any atom is -0.495 e. The normalized spacial score (nSPS) is 10.4. The highest BCUT2D eigenvalue weighted by atomic mass is 16.5. The lowest BCUT2D eigenvalue weighted by Gasteiger charge is -2.13. The zero-order valence-electron chi connectivity index (χ0n) is 11.2. The Labute approximate surface area is 107 Å². The van der Waals surface area contributed by atoms with Crippen molar-refractivity contribution in [3.63, 3.8) is 0 Å². The molecule has 94 valence electrons. The first-order valence-corrected chi connectivity index (χ1v) is 5.88. The van der Waals surface area contributed by atoms with E-state index in [0.29, 0.717) is 0 Å². The van der Waals surface area contributed by atoms with E-state index in [2.05, 4.69) is 4.57 Å².